The second-order valence-corrected chi connectivity index (χ2v) is 13.2. The van der Waals surface area contributed by atoms with Crippen molar-refractivity contribution in [1.29, 1.82) is 0 Å². The van der Waals surface area contributed by atoms with Gasteiger partial charge in [0.25, 0.3) is 5.91 Å². The van der Waals surface area contributed by atoms with Crippen molar-refractivity contribution in [3.63, 3.8) is 0 Å². The van der Waals surface area contributed by atoms with E-state index in [0.717, 1.165) is 5.56 Å². The number of rotatable bonds is 17. The van der Waals surface area contributed by atoms with Crippen molar-refractivity contribution < 1.29 is 33.0 Å². The maximum Gasteiger partial charge on any atom is 0.270 e. The highest BCUT2D eigenvalue weighted by atomic mass is 32.2. The number of carbonyl (C=O) groups excluding carboxylic acids is 3. The van der Waals surface area contributed by atoms with Gasteiger partial charge in [0.1, 0.15) is 17.8 Å². The van der Waals surface area contributed by atoms with Gasteiger partial charge in [0.2, 0.25) is 11.8 Å². The Kier molecular flexibility index (Phi) is 13.7. The first-order valence-corrected chi connectivity index (χ1v) is 16.8. The number of nitrogens with zero attached hydrogens (tertiary/aromatic N) is 1. The zero-order chi connectivity index (χ0) is 32.8. The summed E-state index contributed by atoms with van der Waals surface area (Å²) in [6.45, 7) is 3.53. The Bertz CT molecular complexity index is 1470. The highest BCUT2D eigenvalue weighted by molar-refractivity contribution is 7.91. The van der Waals surface area contributed by atoms with Crippen LogP contribution in [0.15, 0.2) is 85.1 Å². The number of aromatic nitrogens is 1. The van der Waals surface area contributed by atoms with E-state index in [4.69, 9.17) is 0 Å². The minimum absolute atomic E-state index is 0.00658. The summed E-state index contributed by atoms with van der Waals surface area (Å²) >= 11 is 0. The average molecular weight is 639 g/mol. The summed E-state index contributed by atoms with van der Waals surface area (Å²) in [6.07, 6.45) is -0.771. The Morgan fingerprint density at radius 1 is 0.822 bits per heavy atom. The Labute approximate surface area is 264 Å². The van der Waals surface area contributed by atoms with Crippen molar-refractivity contribution in [3.8, 4) is 0 Å². The van der Waals surface area contributed by atoms with Crippen molar-refractivity contribution in [2.45, 2.75) is 63.9 Å². The van der Waals surface area contributed by atoms with Gasteiger partial charge in [-0.3, -0.25) is 19.4 Å². The summed E-state index contributed by atoms with van der Waals surface area (Å²) in [7, 11) is -3.76. The van der Waals surface area contributed by atoms with Crippen LogP contribution < -0.4 is 16.0 Å². The van der Waals surface area contributed by atoms with Crippen LogP contribution in [0.4, 0.5) is 0 Å². The van der Waals surface area contributed by atoms with E-state index in [2.05, 4.69) is 20.9 Å². The number of benzene rings is 2. The molecule has 0 aliphatic carbocycles. The van der Waals surface area contributed by atoms with Gasteiger partial charge in [-0.25, -0.2) is 8.42 Å². The highest BCUT2D eigenvalue weighted by Gasteiger charge is 2.36. The van der Waals surface area contributed by atoms with Gasteiger partial charge in [0.05, 0.1) is 29.6 Å². The van der Waals surface area contributed by atoms with Crippen LogP contribution in [-0.2, 0) is 32.4 Å². The summed E-state index contributed by atoms with van der Waals surface area (Å²) in [5.74, 6) is -4.02. The molecule has 3 rings (SSSR count). The summed E-state index contributed by atoms with van der Waals surface area (Å²) in [6, 6.07) is 20.0. The number of aliphatic hydroxyl groups excluding tert-OH is 2. The number of amides is 3. The molecule has 5 atom stereocenters. The molecule has 0 fully saturated rings. The van der Waals surface area contributed by atoms with Crippen molar-refractivity contribution in [3.05, 3.63) is 102 Å². The monoisotopic (exact) mass is 638 g/mol. The molecule has 1 unspecified atom stereocenters. The lowest BCUT2D eigenvalue weighted by Gasteiger charge is -2.31. The van der Waals surface area contributed by atoms with Crippen molar-refractivity contribution in [1.82, 2.24) is 20.9 Å². The van der Waals surface area contributed by atoms with Crippen LogP contribution in [0.25, 0.3) is 0 Å². The molecule has 1 aromatic heterocycles. The molecule has 45 heavy (non-hydrogen) atoms. The van der Waals surface area contributed by atoms with Crippen molar-refractivity contribution in [2.75, 3.05) is 11.5 Å². The van der Waals surface area contributed by atoms with Gasteiger partial charge in [-0.2, -0.15) is 0 Å². The fraction of sp³-hybridized carbons (Fsp3) is 0.394. The molecule has 0 aliphatic heterocycles. The minimum atomic E-state index is -3.76. The molecule has 0 aliphatic rings. The summed E-state index contributed by atoms with van der Waals surface area (Å²) < 4.78 is 25.8. The standard InChI is InChI=1S/C33H42N4O7S/c1-3-4-19-45(43,44)22-28(37-32(41)26-17-11-12-18-34-26)33(42)36-27(20-24-13-7-5-8-14-24)30(39)29(38)23(2)31(40)35-21-25-15-9-6-10-16-25/h5-18,23,27-30,38-39H,3-4,19-22H2,1-2H3,(H,35,40)(H,36,42)(H,37,41)/t23-,27+,28?,29-,30-/m1/s1. The highest BCUT2D eigenvalue weighted by Crippen LogP contribution is 2.16. The van der Waals surface area contributed by atoms with Crippen molar-refractivity contribution >= 4 is 27.6 Å². The third kappa shape index (κ3) is 11.4. The fourth-order valence-electron chi connectivity index (χ4n) is 4.66. The Morgan fingerprint density at radius 3 is 2.04 bits per heavy atom. The van der Waals surface area contributed by atoms with E-state index in [1.54, 1.807) is 42.5 Å². The zero-order valence-corrected chi connectivity index (χ0v) is 26.3. The van der Waals surface area contributed by atoms with Gasteiger partial charge in [-0.05, 0) is 36.1 Å². The number of pyridine rings is 1. The number of carbonyl (C=O) groups is 3. The van der Waals surface area contributed by atoms with Gasteiger partial charge >= 0.3 is 0 Å². The second kappa shape index (κ2) is 17.4. The molecule has 0 saturated heterocycles. The molecule has 0 saturated carbocycles. The lowest BCUT2D eigenvalue weighted by Crippen LogP contribution is -2.58. The molecule has 3 aromatic rings. The SMILES string of the molecule is CCCCS(=O)(=O)CC(NC(=O)c1ccccn1)C(=O)N[C@@H](Cc1ccccc1)[C@@H](O)[C@H](O)[C@@H](C)C(=O)NCc1ccccc1. The quantitative estimate of drug-likeness (QED) is 0.149. The van der Waals surface area contributed by atoms with Gasteiger partial charge in [0.15, 0.2) is 9.84 Å². The summed E-state index contributed by atoms with van der Waals surface area (Å²) in [5, 5.41) is 30.3. The minimum Gasteiger partial charge on any atom is -0.390 e. The normalized spacial score (nSPS) is 14.8. The first-order chi connectivity index (χ1) is 21.5. The number of aliphatic hydroxyl groups is 2. The van der Waals surface area contributed by atoms with Crippen LogP contribution in [0.5, 0.6) is 0 Å². The Hall–Kier alpha value is -4.13. The number of nitrogens with one attached hydrogen (secondary N) is 3. The molecule has 0 radical (unpaired) electrons. The fourth-order valence-corrected chi connectivity index (χ4v) is 6.29. The largest absolute Gasteiger partial charge is 0.390 e. The number of hydrogen-bond donors (Lipinski definition) is 5. The molecule has 11 nitrogen and oxygen atoms in total. The Morgan fingerprint density at radius 2 is 1.44 bits per heavy atom. The van der Waals surface area contributed by atoms with E-state index < -0.39 is 63.5 Å². The van der Waals surface area contributed by atoms with E-state index in [0.29, 0.717) is 18.4 Å². The maximum absolute atomic E-state index is 13.7. The maximum atomic E-state index is 13.7. The van der Waals surface area contributed by atoms with E-state index in [1.807, 2.05) is 37.3 Å². The van der Waals surface area contributed by atoms with Crippen LogP contribution >= 0.6 is 0 Å². The molecule has 1 heterocycles. The average Bonchev–Trinajstić information content (AvgIpc) is 3.05. The molecule has 0 bridgehead atoms. The van der Waals surface area contributed by atoms with Gasteiger partial charge in [-0.15, -0.1) is 0 Å². The first-order valence-electron chi connectivity index (χ1n) is 14.9. The lowest BCUT2D eigenvalue weighted by atomic mass is 9.90. The summed E-state index contributed by atoms with van der Waals surface area (Å²) in [4.78, 5) is 43.4. The second-order valence-electron chi connectivity index (χ2n) is 11.0. The Balaban J connectivity index is 1.82. The van der Waals surface area contributed by atoms with E-state index in [1.165, 1.54) is 19.2 Å². The van der Waals surface area contributed by atoms with Crippen molar-refractivity contribution in [2.24, 2.45) is 5.92 Å². The van der Waals surface area contributed by atoms with Gasteiger partial charge in [0, 0.05) is 12.7 Å². The number of sulfone groups is 1. The molecule has 2 aromatic carbocycles. The van der Waals surface area contributed by atoms with Crippen LogP contribution in [0, 0.1) is 5.92 Å². The van der Waals surface area contributed by atoms with Crippen LogP contribution in [0.3, 0.4) is 0 Å². The third-order valence-corrected chi connectivity index (χ3v) is 9.12. The van der Waals surface area contributed by atoms with Crippen LogP contribution in [0.2, 0.25) is 0 Å². The molecule has 242 valence electrons. The molecule has 3 amide bonds. The molecular formula is C33H42N4O7S. The van der Waals surface area contributed by atoms with E-state index >= 15 is 0 Å². The number of unbranched alkanes of at least 4 members (excludes halogenated alkanes) is 1. The first kappa shape index (κ1) is 35.4. The third-order valence-electron chi connectivity index (χ3n) is 7.37. The summed E-state index contributed by atoms with van der Waals surface area (Å²) in [5.41, 5.74) is 1.56. The smallest absolute Gasteiger partial charge is 0.270 e. The van der Waals surface area contributed by atoms with Crippen LogP contribution in [0.1, 0.15) is 48.3 Å². The predicted octanol–water partition coefficient (Wildman–Crippen LogP) is 1.80. The van der Waals surface area contributed by atoms with Crippen LogP contribution in [-0.4, -0.2) is 77.1 Å². The zero-order valence-electron chi connectivity index (χ0n) is 25.5. The van der Waals surface area contributed by atoms with E-state index in [-0.39, 0.29) is 24.4 Å². The predicted molar refractivity (Wildman–Crippen MR) is 171 cm³/mol. The topological polar surface area (TPSA) is 175 Å². The molecule has 5 N–H and O–H groups in total. The lowest BCUT2D eigenvalue weighted by molar-refractivity contribution is -0.133. The molecular weight excluding hydrogens is 596 g/mol. The number of hydrogen-bond acceptors (Lipinski definition) is 8. The van der Waals surface area contributed by atoms with E-state index in [9.17, 15) is 33.0 Å². The van der Waals surface area contributed by atoms with Gasteiger partial charge in [-0.1, -0.05) is 87.0 Å². The van der Waals surface area contributed by atoms with Gasteiger partial charge < -0.3 is 26.2 Å². The molecule has 0 spiro atoms. The molecule has 12 heteroatoms.